The Morgan fingerprint density at radius 2 is 1.57 bits per heavy atom. The van der Waals surface area contributed by atoms with Crippen LogP contribution in [0.4, 0.5) is 0 Å². The Morgan fingerprint density at radius 1 is 1.57 bits per heavy atom. The summed E-state index contributed by atoms with van der Waals surface area (Å²) in [6.45, 7) is 0. The average molecular weight is 113 g/mol. The minimum absolute atomic E-state index is 0. The molecule has 6 nitrogen and oxygen atoms in total. The van der Waals surface area contributed by atoms with Crippen LogP contribution in [0.3, 0.4) is 0 Å². The predicted octanol–water partition coefficient (Wildman–Crippen LogP) is -1.56. The van der Waals surface area contributed by atoms with Crippen molar-refractivity contribution in [3.63, 3.8) is 0 Å². The number of hydrogen-bond donors (Lipinski definition) is 2. The van der Waals surface area contributed by atoms with Crippen molar-refractivity contribution in [2.24, 2.45) is 0 Å². The molecule has 0 aliphatic carbocycles. The fourth-order valence-electron chi connectivity index (χ4n) is 0. The van der Waals surface area contributed by atoms with Gasteiger partial charge in [0.25, 0.3) is 5.09 Å². The second kappa shape index (κ2) is 19.3. The van der Waals surface area contributed by atoms with Crippen LogP contribution in [0.2, 0.25) is 0 Å². The molecule has 0 aliphatic rings. The van der Waals surface area contributed by atoms with E-state index in [1.807, 2.05) is 0 Å². The van der Waals surface area contributed by atoms with Gasteiger partial charge < -0.3 is 15.8 Å². The molecular weight excluding hydrogens is 106 g/mol. The lowest BCUT2D eigenvalue weighted by Crippen LogP contribution is -1.81. The van der Waals surface area contributed by atoms with E-state index in [2.05, 4.69) is 0 Å². The quantitative estimate of drug-likeness (QED) is 0.291. The zero-order valence-electron chi connectivity index (χ0n) is 3.66. The van der Waals surface area contributed by atoms with Gasteiger partial charge in [-0.1, -0.05) is 0 Å². The Kier molecular flexibility index (Phi) is 45.5. The second-order valence-corrected chi connectivity index (χ2v) is 0.238. The SMILES string of the molecule is CO.O.O=[N+]([O-])O. The molecule has 0 aromatic carbocycles. The Morgan fingerprint density at radius 3 is 1.57 bits per heavy atom. The first kappa shape index (κ1) is 16.5. The summed E-state index contributed by atoms with van der Waals surface area (Å²) in [4.78, 5) is 8.36. The zero-order valence-corrected chi connectivity index (χ0v) is 3.66. The van der Waals surface area contributed by atoms with E-state index in [-0.39, 0.29) is 5.48 Å². The molecule has 0 rings (SSSR count). The van der Waals surface area contributed by atoms with Gasteiger partial charge in [-0.3, -0.25) is 0 Å². The van der Waals surface area contributed by atoms with Crippen molar-refractivity contribution in [3.8, 4) is 0 Å². The van der Waals surface area contributed by atoms with E-state index < -0.39 is 5.09 Å². The van der Waals surface area contributed by atoms with Crippen molar-refractivity contribution < 1.29 is 20.9 Å². The molecular formula is CH7NO5. The van der Waals surface area contributed by atoms with Crippen molar-refractivity contribution in [1.82, 2.24) is 0 Å². The van der Waals surface area contributed by atoms with Gasteiger partial charge in [0.15, 0.2) is 0 Å². The van der Waals surface area contributed by atoms with Crippen LogP contribution in [0.25, 0.3) is 0 Å². The van der Waals surface area contributed by atoms with Crippen LogP contribution in [0.15, 0.2) is 0 Å². The Hall–Kier alpha value is -0.880. The lowest BCUT2D eigenvalue weighted by molar-refractivity contribution is -0.742. The molecule has 0 unspecified atom stereocenters. The van der Waals surface area contributed by atoms with Gasteiger partial charge in [-0.25, -0.2) is 0 Å². The molecule has 0 saturated heterocycles. The Bertz CT molecular complexity index is 31.1. The van der Waals surface area contributed by atoms with Crippen molar-refractivity contribution in [1.29, 1.82) is 0 Å². The summed E-state index contributed by atoms with van der Waals surface area (Å²) in [5.74, 6) is 0. The van der Waals surface area contributed by atoms with E-state index in [4.69, 9.17) is 20.4 Å². The van der Waals surface area contributed by atoms with Gasteiger partial charge in [-0.15, -0.1) is 10.1 Å². The predicted molar refractivity (Wildman–Crippen MR) is 20.5 cm³/mol. The molecule has 4 N–H and O–H groups in total. The zero-order chi connectivity index (χ0) is 5.58. The molecule has 0 amide bonds. The smallest absolute Gasteiger partial charge is 0.291 e. The summed E-state index contributed by atoms with van der Waals surface area (Å²) in [7, 11) is 1.00. The van der Waals surface area contributed by atoms with Crippen LogP contribution in [0.5, 0.6) is 0 Å². The minimum Gasteiger partial charge on any atom is -0.412 e. The highest BCUT2D eigenvalue weighted by Crippen LogP contribution is 1.38. The molecule has 0 aromatic rings. The van der Waals surface area contributed by atoms with Gasteiger partial charge in [0.05, 0.1) is 0 Å². The van der Waals surface area contributed by atoms with E-state index in [9.17, 15) is 0 Å². The number of aliphatic hydroxyl groups is 1. The fraction of sp³-hybridized carbons (Fsp3) is 1.00. The summed E-state index contributed by atoms with van der Waals surface area (Å²) in [6, 6.07) is 0. The molecule has 0 saturated carbocycles. The molecule has 0 bridgehead atoms. The maximum atomic E-state index is 8.36. The van der Waals surface area contributed by atoms with Crippen LogP contribution in [-0.2, 0) is 0 Å². The third-order valence-corrected chi connectivity index (χ3v) is 0. The normalized spacial score (nSPS) is 4.29. The minimum atomic E-state index is -1.50. The van der Waals surface area contributed by atoms with E-state index >= 15 is 0 Å². The summed E-state index contributed by atoms with van der Waals surface area (Å²) >= 11 is 0. The van der Waals surface area contributed by atoms with Crippen molar-refractivity contribution >= 4 is 0 Å². The molecule has 46 valence electrons. The molecule has 7 heavy (non-hydrogen) atoms. The molecule has 0 heterocycles. The summed E-state index contributed by atoms with van der Waals surface area (Å²) in [5.41, 5.74) is 0. The maximum Gasteiger partial charge on any atom is 0.291 e. The first-order chi connectivity index (χ1) is 2.73. The first-order valence-corrected chi connectivity index (χ1v) is 1.01. The van der Waals surface area contributed by atoms with Gasteiger partial charge in [0.2, 0.25) is 0 Å². The van der Waals surface area contributed by atoms with E-state index in [1.165, 1.54) is 0 Å². The molecule has 0 atom stereocenters. The van der Waals surface area contributed by atoms with Crippen LogP contribution in [0, 0.1) is 10.1 Å². The summed E-state index contributed by atoms with van der Waals surface area (Å²) in [6.07, 6.45) is 0. The second-order valence-electron chi connectivity index (χ2n) is 0.238. The maximum absolute atomic E-state index is 8.36. The third-order valence-electron chi connectivity index (χ3n) is 0. The largest absolute Gasteiger partial charge is 0.412 e. The molecule has 0 spiro atoms. The van der Waals surface area contributed by atoms with Crippen LogP contribution in [-0.4, -0.2) is 28.0 Å². The third kappa shape index (κ3) is 64.4. The molecule has 0 aromatic heterocycles. The molecule has 0 aliphatic heterocycles. The Balaban J connectivity index is -0.0000000480. The lowest BCUT2D eigenvalue weighted by Gasteiger charge is -1.56. The van der Waals surface area contributed by atoms with Crippen LogP contribution >= 0.6 is 0 Å². The lowest BCUT2D eigenvalue weighted by atomic mass is 11.8. The van der Waals surface area contributed by atoms with Gasteiger partial charge in [-0.2, -0.15) is 0 Å². The van der Waals surface area contributed by atoms with Crippen LogP contribution < -0.4 is 0 Å². The van der Waals surface area contributed by atoms with Crippen molar-refractivity contribution in [2.45, 2.75) is 0 Å². The topological polar surface area (TPSA) is 115 Å². The standard InChI is InChI=1S/CH4O.HNO3.H2O/c1-2;2-1(3)4;/h2H,1H3;(H,2,3,4);1H2. The number of rotatable bonds is 0. The molecule has 0 radical (unpaired) electrons. The Labute approximate surface area is 39.4 Å². The van der Waals surface area contributed by atoms with E-state index in [0.717, 1.165) is 7.11 Å². The van der Waals surface area contributed by atoms with Crippen molar-refractivity contribution in [2.75, 3.05) is 7.11 Å². The van der Waals surface area contributed by atoms with Crippen molar-refractivity contribution in [3.05, 3.63) is 10.1 Å². The number of aliphatic hydroxyl groups excluding tert-OH is 1. The monoisotopic (exact) mass is 113 g/mol. The highest BCUT2D eigenvalue weighted by molar-refractivity contribution is 3.83. The first-order valence-electron chi connectivity index (χ1n) is 1.01. The molecule has 6 heteroatoms. The highest BCUT2D eigenvalue weighted by Gasteiger charge is 1.65. The number of nitrogens with zero attached hydrogens (tertiary/aromatic N) is 1. The van der Waals surface area contributed by atoms with E-state index in [1.54, 1.807) is 0 Å². The van der Waals surface area contributed by atoms with Gasteiger partial charge in [0, 0.05) is 7.11 Å². The highest BCUT2D eigenvalue weighted by atomic mass is 16.9. The average Bonchev–Trinajstić information content (AvgIpc) is 1.41. The summed E-state index contributed by atoms with van der Waals surface area (Å²) < 4.78 is 0. The van der Waals surface area contributed by atoms with Gasteiger partial charge in [0.1, 0.15) is 0 Å². The molecule has 0 fully saturated rings. The van der Waals surface area contributed by atoms with Crippen LogP contribution in [0.1, 0.15) is 0 Å². The summed E-state index contributed by atoms with van der Waals surface area (Å²) in [5, 5.41) is 20.6. The van der Waals surface area contributed by atoms with Gasteiger partial charge in [-0.05, 0) is 0 Å². The van der Waals surface area contributed by atoms with E-state index in [0.29, 0.717) is 0 Å². The fourth-order valence-corrected chi connectivity index (χ4v) is 0. The van der Waals surface area contributed by atoms with Gasteiger partial charge >= 0.3 is 0 Å². The number of hydrogen-bond acceptors (Lipinski definition) is 3.